The highest BCUT2D eigenvalue weighted by molar-refractivity contribution is 6.44. The van der Waals surface area contributed by atoms with Gasteiger partial charge in [0.25, 0.3) is 5.91 Å². The number of halogens is 1. The fraction of sp³-hybridized carbons (Fsp3) is 0.150. The van der Waals surface area contributed by atoms with Gasteiger partial charge < -0.3 is 11.1 Å². The van der Waals surface area contributed by atoms with E-state index in [0.29, 0.717) is 23.0 Å². The van der Waals surface area contributed by atoms with E-state index < -0.39 is 23.7 Å². The van der Waals surface area contributed by atoms with Crippen molar-refractivity contribution >= 4 is 28.9 Å². The maximum absolute atomic E-state index is 13.2. The Hall–Kier alpha value is -4.08. The van der Waals surface area contributed by atoms with Gasteiger partial charge in [0.1, 0.15) is 23.4 Å². The number of rotatable bonds is 5. The standard InChI is InChI=1S/C20H18FN7O2/c1-11-23-19(26-25-11)12-2-6-14(7-3-12)24-20(30)16-10-17(18(22)29)28(27-16)15-8-4-13(21)5-9-15/h2-9,17H,10H2,1H3,(H2,22,29)(H,24,30)(H,23,25,26). The van der Waals surface area contributed by atoms with Crippen LogP contribution in [0.3, 0.4) is 0 Å². The van der Waals surface area contributed by atoms with Crippen LogP contribution >= 0.6 is 0 Å². The summed E-state index contributed by atoms with van der Waals surface area (Å²) in [5, 5.41) is 15.2. The average Bonchev–Trinajstić information content (AvgIpc) is 3.36. The molecule has 4 rings (SSSR count). The fourth-order valence-corrected chi connectivity index (χ4v) is 3.08. The van der Waals surface area contributed by atoms with Crippen molar-refractivity contribution in [2.75, 3.05) is 10.3 Å². The van der Waals surface area contributed by atoms with E-state index in [2.05, 4.69) is 25.6 Å². The summed E-state index contributed by atoms with van der Waals surface area (Å²) >= 11 is 0. The molecule has 2 aromatic carbocycles. The number of aromatic nitrogens is 3. The summed E-state index contributed by atoms with van der Waals surface area (Å²) in [6.45, 7) is 1.81. The molecule has 1 aliphatic rings. The van der Waals surface area contributed by atoms with Crippen molar-refractivity contribution in [1.29, 1.82) is 0 Å². The number of carbonyl (C=O) groups excluding carboxylic acids is 2. The van der Waals surface area contributed by atoms with Gasteiger partial charge in [-0.05, 0) is 55.5 Å². The fourth-order valence-electron chi connectivity index (χ4n) is 3.08. The quantitative estimate of drug-likeness (QED) is 0.595. The Morgan fingerprint density at radius 3 is 2.47 bits per heavy atom. The molecule has 0 bridgehead atoms. The largest absolute Gasteiger partial charge is 0.368 e. The second-order valence-electron chi connectivity index (χ2n) is 6.77. The molecule has 1 atom stereocenters. The molecule has 0 radical (unpaired) electrons. The first-order valence-electron chi connectivity index (χ1n) is 9.13. The minimum atomic E-state index is -0.826. The molecule has 30 heavy (non-hydrogen) atoms. The molecule has 1 aliphatic heterocycles. The number of carbonyl (C=O) groups is 2. The van der Waals surface area contributed by atoms with E-state index in [4.69, 9.17) is 5.73 Å². The second kappa shape index (κ2) is 7.74. The van der Waals surface area contributed by atoms with Gasteiger partial charge in [0.05, 0.1) is 5.69 Å². The molecule has 1 unspecified atom stereocenters. The van der Waals surface area contributed by atoms with Crippen LogP contribution in [-0.2, 0) is 9.59 Å². The minimum absolute atomic E-state index is 0.0487. The Bertz CT molecular complexity index is 1120. The zero-order valence-corrected chi connectivity index (χ0v) is 16.0. The van der Waals surface area contributed by atoms with Crippen molar-refractivity contribution in [3.63, 3.8) is 0 Å². The number of anilines is 2. The number of nitrogens with one attached hydrogen (secondary N) is 2. The van der Waals surface area contributed by atoms with Crippen molar-refractivity contribution in [1.82, 2.24) is 15.2 Å². The molecule has 0 spiro atoms. The predicted molar refractivity (Wildman–Crippen MR) is 109 cm³/mol. The molecule has 0 saturated heterocycles. The Morgan fingerprint density at radius 1 is 1.17 bits per heavy atom. The van der Waals surface area contributed by atoms with Gasteiger partial charge in [0, 0.05) is 17.7 Å². The molecular formula is C20H18FN7O2. The van der Waals surface area contributed by atoms with Crippen molar-refractivity contribution in [2.45, 2.75) is 19.4 Å². The number of benzene rings is 2. The zero-order valence-electron chi connectivity index (χ0n) is 16.0. The number of hydrogen-bond donors (Lipinski definition) is 3. The van der Waals surface area contributed by atoms with Crippen LogP contribution in [0.15, 0.2) is 53.6 Å². The SMILES string of the molecule is Cc1nc(-c2ccc(NC(=O)C3=NN(c4ccc(F)cc4)C(C(N)=O)C3)cc2)n[nH]1. The summed E-state index contributed by atoms with van der Waals surface area (Å²) in [5.74, 6) is -0.232. The molecule has 10 heteroatoms. The van der Waals surface area contributed by atoms with Gasteiger partial charge in [0.2, 0.25) is 5.91 Å². The number of nitrogens with two attached hydrogens (primary N) is 1. The molecule has 3 aromatic rings. The average molecular weight is 407 g/mol. The highest BCUT2D eigenvalue weighted by Gasteiger charge is 2.35. The first-order chi connectivity index (χ1) is 14.4. The number of amides is 2. The van der Waals surface area contributed by atoms with Crippen LogP contribution < -0.4 is 16.1 Å². The molecule has 152 valence electrons. The van der Waals surface area contributed by atoms with E-state index in [9.17, 15) is 14.0 Å². The molecule has 2 amide bonds. The third kappa shape index (κ3) is 3.88. The van der Waals surface area contributed by atoms with Gasteiger partial charge >= 0.3 is 0 Å². The lowest BCUT2D eigenvalue weighted by molar-refractivity contribution is -0.119. The summed E-state index contributed by atoms with van der Waals surface area (Å²) < 4.78 is 13.2. The molecular weight excluding hydrogens is 389 g/mol. The summed E-state index contributed by atoms with van der Waals surface area (Å²) in [5.41, 5.74) is 7.43. The number of aromatic amines is 1. The lowest BCUT2D eigenvalue weighted by Crippen LogP contribution is -2.39. The van der Waals surface area contributed by atoms with E-state index in [1.165, 1.54) is 29.3 Å². The third-order valence-electron chi connectivity index (χ3n) is 4.59. The first kappa shape index (κ1) is 19.2. The van der Waals surface area contributed by atoms with Gasteiger partial charge in [0.15, 0.2) is 5.82 Å². The van der Waals surface area contributed by atoms with Crippen LogP contribution in [-0.4, -0.2) is 38.7 Å². The Balaban J connectivity index is 1.50. The van der Waals surface area contributed by atoms with Gasteiger partial charge in [-0.3, -0.25) is 19.7 Å². The van der Waals surface area contributed by atoms with Gasteiger partial charge in [-0.15, -0.1) is 0 Å². The van der Waals surface area contributed by atoms with Crippen LogP contribution in [0.2, 0.25) is 0 Å². The van der Waals surface area contributed by atoms with Crippen molar-refractivity contribution in [3.05, 3.63) is 60.2 Å². The van der Waals surface area contributed by atoms with E-state index in [1.807, 2.05) is 6.92 Å². The lowest BCUT2D eigenvalue weighted by Gasteiger charge is -2.20. The second-order valence-corrected chi connectivity index (χ2v) is 6.77. The summed E-state index contributed by atoms with van der Waals surface area (Å²) in [7, 11) is 0. The monoisotopic (exact) mass is 407 g/mol. The van der Waals surface area contributed by atoms with Crippen LogP contribution in [0.25, 0.3) is 11.4 Å². The van der Waals surface area contributed by atoms with E-state index in [1.54, 1.807) is 24.3 Å². The smallest absolute Gasteiger partial charge is 0.271 e. The summed E-state index contributed by atoms with van der Waals surface area (Å²) in [6.07, 6.45) is 0.0487. The predicted octanol–water partition coefficient (Wildman–Crippen LogP) is 1.98. The lowest BCUT2D eigenvalue weighted by atomic mass is 10.1. The highest BCUT2D eigenvalue weighted by atomic mass is 19.1. The maximum atomic E-state index is 13.2. The maximum Gasteiger partial charge on any atom is 0.271 e. The molecule has 0 fully saturated rings. The molecule has 0 saturated carbocycles. The van der Waals surface area contributed by atoms with Gasteiger partial charge in [-0.25, -0.2) is 9.37 Å². The van der Waals surface area contributed by atoms with E-state index >= 15 is 0 Å². The van der Waals surface area contributed by atoms with E-state index in [-0.39, 0.29) is 12.1 Å². The van der Waals surface area contributed by atoms with Gasteiger partial charge in [-0.1, -0.05) is 0 Å². The van der Waals surface area contributed by atoms with Crippen LogP contribution in [0.5, 0.6) is 0 Å². The number of H-pyrrole nitrogens is 1. The molecule has 2 heterocycles. The molecule has 0 aliphatic carbocycles. The Labute approximate surface area is 170 Å². The van der Waals surface area contributed by atoms with Crippen LogP contribution in [0.1, 0.15) is 12.2 Å². The van der Waals surface area contributed by atoms with E-state index in [0.717, 1.165) is 5.56 Å². The van der Waals surface area contributed by atoms with Crippen molar-refractivity contribution in [2.24, 2.45) is 10.8 Å². The number of aryl methyl sites for hydroxylation is 1. The number of primary amides is 1. The van der Waals surface area contributed by atoms with Crippen LogP contribution in [0.4, 0.5) is 15.8 Å². The minimum Gasteiger partial charge on any atom is -0.368 e. The van der Waals surface area contributed by atoms with Crippen molar-refractivity contribution in [3.8, 4) is 11.4 Å². The number of hydrazone groups is 1. The summed E-state index contributed by atoms with van der Waals surface area (Å²) in [4.78, 5) is 28.8. The molecule has 4 N–H and O–H groups in total. The third-order valence-corrected chi connectivity index (χ3v) is 4.59. The number of hydrogen-bond acceptors (Lipinski definition) is 6. The Morgan fingerprint density at radius 2 is 1.87 bits per heavy atom. The molecule has 9 nitrogen and oxygen atoms in total. The first-order valence-corrected chi connectivity index (χ1v) is 9.13. The normalized spacial score (nSPS) is 15.7. The number of nitrogens with zero attached hydrogens (tertiary/aromatic N) is 4. The summed E-state index contributed by atoms with van der Waals surface area (Å²) in [6, 6.07) is 11.6. The van der Waals surface area contributed by atoms with Gasteiger partial charge in [-0.2, -0.15) is 10.2 Å². The van der Waals surface area contributed by atoms with Crippen molar-refractivity contribution < 1.29 is 14.0 Å². The van der Waals surface area contributed by atoms with Crippen LogP contribution in [0, 0.1) is 12.7 Å². The topological polar surface area (TPSA) is 129 Å². The highest BCUT2D eigenvalue weighted by Crippen LogP contribution is 2.25. The zero-order chi connectivity index (χ0) is 21.3. The molecule has 1 aromatic heterocycles. The Kier molecular flexibility index (Phi) is 4.97.